The predicted octanol–water partition coefficient (Wildman–Crippen LogP) is 5.96. The van der Waals surface area contributed by atoms with Crippen molar-refractivity contribution in [3.8, 4) is 16.9 Å². The lowest BCUT2D eigenvalue weighted by Crippen LogP contribution is -2.40. The third-order valence-electron chi connectivity index (χ3n) is 7.31. The van der Waals surface area contributed by atoms with Crippen LogP contribution in [0, 0.1) is 0 Å². The minimum atomic E-state index is -4.55. The van der Waals surface area contributed by atoms with Gasteiger partial charge in [-0.2, -0.15) is 18.3 Å². The van der Waals surface area contributed by atoms with Crippen LogP contribution in [-0.4, -0.2) is 39.6 Å². The van der Waals surface area contributed by atoms with Gasteiger partial charge in [-0.15, -0.1) is 0 Å². The van der Waals surface area contributed by atoms with E-state index >= 15 is 0 Å². The molecule has 2 N–H and O–H groups in total. The van der Waals surface area contributed by atoms with Gasteiger partial charge in [0.1, 0.15) is 12.3 Å². The zero-order valence-corrected chi connectivity index (χ0v) is 24.8. The van der Waals surface area contributed by atoms with Crippen LogP contribution in [0.5, 0.6) is 5.75 Å². The van der Waals surface area contributed by atoms with Gasteiger partial charge in [0.05, 0.1) is 23.8 Å². The summed E-state index contributed by atoms with van der Waals surface area (Å²) in [6.07, 6.45) is -1.24. The van der Waals surface area contributed by atoms with Gasteiger partial charge in [0.2, 0.25) is 0 Å². The van der Waals surface area contributed by atoms with Crippen LogP contribution < -0.4 is 15.4 Å². The first kappa shape index (κ1) is 31.5. The van der Waals surface area contributed by atoms with Gasteiger partial charge in [0.25, 0.3) is 5.91 Å². The van der Waals surface area contributed by atoms with E-state index in [1.54, 1.807) is 54.3 Å². The monoisotopic (exact) mass is 620 g/mol. The fourth-order valence-electron chi connectivity index (χ4n) is 5.12. The largest absolute Gasteiger partial charge is 0.475 e. The van der Waals surface area contributed by atoms with Crippen LogP contribution in [0.2, 0.25) is 0 Å². The number of nitrogens with one attached hydrogen (secondary N) is 2. The number of rotatable bonds is 10. The molecule has 0 saturated carbocycles. The number of halogens is 3. The maximum Gasteiger partial charge on any atom is 0.416 e. The van der Waals surface area contributed by atoms with Gasteiger partial charge in [-0.1, -0.05) is 24.3 Å². The van der Waals surface area contributed by atoms with Crippen molar-refractivity contribution < 1.29 is 37.0 Å². The lowest BCUT2D eigenvalue weighted by Gasteiger charge is -2.26. The van der Waals surface area contributed by atoms with E-state index in [1.807, 2.05) is 0 Å². The first-order chi connectivity index (χ1) is 21.4. The summed E-state index contributed by atoms with van der Waals surface area (Å²) in [5, 5.41) is 10.1. The molecule has 0 radical (unpaired) electrons. The summed E-state index contributed by atoms with van der Waals surface area (Å²) < 4.78 is 52.7. The third kappa shape index (κ3) is 6.91. The van der Waals surface area contributed by atoms with Crippen molar-refractivity contribution >= 4 is 23.3 Å². The Labute approximate surface area is 257 Å². The summed E-state index contributed by atoms with van der Waals surface area (Å²) in [6.45, 7) is 5.30. The SMILES string of the molecule is CCOC(=O)C(C)(C)Oc1cccc(C(=O)Nc2ccc3c(c2)CNC3C(=O)Cn2cccn2)c1-c1ccc(C(F)(F)F)cc1. The summed E-state index contributed by atoms with van der Waals surface area (Å²) >= 11 is 0. The number of fused-ring (bicyclic) bond motifs is 1. The highest BCUT2D eigenvalue weighted by Gasteiger charge is 2.34. The Hall–Kier alpha value is -4.97. The number of aromatic nitrogens is 2. The quantitative estimate of drug-likeness (QED) is 0.211. The summed E-state index contributed by atoms with van der Waals surface area (Å²) in [5.74, 6) is -1.15. The zero-order chi connectivity index (χ0) is 32.4. The fraction of sp³-hybridized carbons (Fsp3) is 0.273. The molecule has 1 aliphatic heterocycles. The standard InChI is InChI=1S/C33H31F3N4O5/c1-4-44-31(43)32(2,3)45-27-8-5-7-25(28(27)20-9-11-22(12-10-20)33(34,35)36)30(42)39-23-13-14-24-21(17-23)18-37-29(24)26(41)19-40-16-6-15-38-40/h5-17,29,37H,4,18-19H2,1-3H3,(H,39,42). The molecule has 1 unspecified atom stereocenters. The topological polar surface area (TPSA) is 112 Å². The Kier molecular flexibility index (Phi) is 8.78. The van der Waals surface area contributed by atoms with Crippen LogP contribution >= 0.6 is 0 Å². The Morgan fingerprint density at radius 3 is 2.47 bits per heavy atom. The Morgan fingerprint density at radius 2 is 1.80 bits per heavy atom. The van der Waals surface area contributed by atoms with Gasteiger partial charge >= 0.3 is 12.1 Å². The van der Waals surface area contributed by atoms with Crippen molar-refractivity contribution in [1.82, 2.24) is 15.1 Å². The lowest BCUT2D eigenvalue weighted by atomic mass is 9.96. The number of alkyl halides is 3. The molecule has 5 rings (SSSR count). The number of esters is 1. The molecule has 0 bridgehead atoms. The van der Waals surface area contributed by atoms with E-state index in [4.69, 9.17) is 9.47 Å². The van der Waals surface area contributed by atoms with Gasteiger partial charge in [0, 0.05) is 30.2 Å². The van der Waals surface area contributed by atoms with Crippen molar-refractivity contribution in [2.75, 3.05) is 11.9 Å². The first-order valence-electron chi connectivity index (χ1n) is 14.2. The van der Waals surface area contributed by atoms with Crippen molar-refractivity contribution in [1.29, 1.82) is 0 Å². The van der Waals surface area contributed by atoms with Crippen LogP contribution in [0.4, 0.5) is 18.9 Å². The molecule has 4 aromatic rings. The van der Waals surface area contributed by atoms with E-state index in [-0.39, 0.29) is 41.4 Å². The smallest absolute Gasteiger partial charge is 0.416 e. The second kappa shape index (κ2) is 12.6. The molecule has 1 aromatic heterocycles. The van der Waals surface area contributed by atoms with E-state index in [2.05, 4.69) is 15.7 Å². The van der Waals surface area contributed by atoms with E-state index in [1.165, 1.54) is 38.1 Å². The molecular formula is C33H31F3N4O5. The Morgan fingerprint density at radius 1 is 1.04 bits per heavy atom. The number of benzene rings is 3. The second-order valence-corrected chi connectivity index (χ2v) is 10.9. The number of anilines is 1. The highest BCUT2D eigenvalue weighted by atomic mass is 19.4. The van der Waals surface area contributed by atoms with Crippen LogP contribution in [0.25, 0.3) is 11.1 Å². The molecule has 1 atom stereocenters. The number of hydrogen-bond donors (Lipinski definition) is 2. The van der Waals surface area contributed by atoms with Gasteiger partial charge in [-0.05, 0) is 79.9 Å². The number of ketones is 1. The third-order valence-corrected chi connectivity index (χ3v) is 7.31. The number of amides is 1. The van der Waals surface area contributed by atoms with Crippen molar-refractivity contribution in [2.45, 2.75) is 51.7 Å². The van der Waals surface area contributed by atoms with E-state index < -0.39 is 35.3 Å². The highest BCUT2D eigenvalue weighted by Crippen LogP contribution is 2.38. The Bertz CT molecular complexity index is 1720. The van der Waals surface area contributed by atoms with Gasteiger partial charge in [0.15, 0.2) is 11.4 Å². The van der Waals surface area contributed by atoms with Gasteiger partial charge in [-0.25, -0.2) is 4.79 Å². The molecule has 1 aliphatic rings. The average Bonchev–Trinajstić information content (AvgIpc) is 3.66. The maximum atomic E-state index is 13.7. The number of ether oxygens (including phenoxy) is 2. The number of carbonyl (C=O) groups excluding carboxylic acids is 3. The van der Waals surface area contributed by atoms with Crippen LogP contribution in [0.1, 0.15) is 53.9 Å². The average molecular weight is 621 g/mol. The minimum absolute atomic E-state index is 0.0574. The molecule has 0 spiro atoms. The fourth-order valence-corrected chi connectivity index (χ4v) is 5.12. The first-order valence-corrected chi connectivity index (χ1v) is 14.2. The minimum Gasteiger partial charge on any atom is -0.475 e. The van der Waals surface area contributed by atoms with Gasteiger partial charge < -0.3 is 14.8 Å². The molecule has 0 saturated heterocycles. The molecule has 45 heavy (non-hydrogen) atoms. The molecule has 0 fully saturated rings. The molecule has 2 heterocycles. The van der Waals surface area contributed by atoms with Gasteiger partial charge in [-0.3, -0.25) is 19.6 Å². The second-order valence-electron chi connectivity index (χ2n) is 10.9. The highest BCUT2D eigenvalue weighted by molar-refractivity contribution is 6.10. The number of nitrogens with zero attached hydrogens (tertiary/aromatic N) is 2. The zero-order valence-electron chi connectivity index (χ0n) is 24.8. The van der Waals surface area contributed by atoms with Crippen LogP contribution in [0.3, 0.4) is 0 Å². The summed E-state index contributed by atoms with van der Waals surface area (Å²) in [4.78, 5) is 39.2. The summed E-state index contributed by atoms with van der Waals surface area (Å²) in [7, 11) is 0. The molecule has 1 amide bonds. The Balaban J connectivity index is 1.45. The number of Topliss-reactive ketones (excluding diaryl/α,β-unsaturated/α-hetero) is 1. The van der Waals surface area contributed by atoms with Crippen LogP contribution in [-0.2, 0) is 33.6 Å². The predicted molar refractivity (Wildman–Crippen MR) is 159 cm³/mol. The molecule has 234 valence electrons. The number of carbonyl (C=O) groups is 3. The van der Waals surface area contributed by atoms with Crippen molar-refractivity contribution in [3.05, 3.63) is 101 Å². The maximum absolute atomic E-state index is 13.7. The van der Waals surface area contributed by atoms with E-state index in [9.17, 15) is 27.6 Å². The van der Waals surface area contributed by atoms with Crippen molar-refractivity contribution in [3.63, 3.8) is 0 Å². The number of hydrogen-bond acceptors (Lipinski definition) is 7. The summed E-state index contributed by atoms with van der Waals surface area (Å²) in [6, 6.07) is 15.4. The molecule has 12 heteroatoms. The molecular weight excluding hydrogens is 589 g/mol. The molecule has 3 aromatic carbocycles. The van der Waals surface area contributed by atoms with Crippen molar-refractivity contribution in [2.24, 2.45) is 0 Å². The molecule has 0 aliphatic carbocycles. The molecule has 9 nitrogen and oxygen atoms in total. The van der Waals surface area contributed by atoms with E-state index in [0.717, 1.165) is 23.3 Å². The lowest BCUT2D eigenvalue weighted by molar-refractivity contribution is -0.158. The van der Waals surface area contributed by atoms with Crippen LogP contribution in [0.15, 0.2) is 79.1 Å². The summed E-state index contributed by atoms with van der Waals surface area (Å²) in [5.41, 5.74) is 0.360. The normalized spacial score (nSPS) is 14.5. The van der Waals surface area contributed by atoms with E-state index in [0.29, 0.717) is 12.2 Å².